The fraction of sp³-hybridized carbons (Fsp3) is 0.538. The second kappa shape index (κ2) is 5.30. The summed E-state index contributed by atoms with van der Waals surface area (Å²) in [4.78, 5) is 0. The molecule has 2 rings (SSSR count). The molecule has 0 saturated heterocycles. The third-order valence-electron chi connectivity index (χ3n) is 3.29. The van der Waals surface area contributed by atoms with Gasteiger partial charge in [-0.05, 0) is 43.9 Å². The van der Waals surface area contributed by atoms with Crippen LogP contribution in [0.3, 0.4) is 0 Å². The van der Waals surface area contributed by atoms with Crippen molar-refractivity contribution in [1.82, 2.24) is 5.32 Å². The van der Waals surface area contributed by atoms with Crippen molar-refractivity contribution in [2.45, 2.75) is 44.4 Å². The van der Waals surface area contributed by atoms with Crippen molar-refractivity contribution in [3.05, 3.63) is 34.3 Å². The third kappa shape index (κ3) is 2.84. The van der Waals surface area contributed by atoms with Crippen molar-refractivity contribution in [3.63, 3.8) is 0 Å². The minimum atomic E-state index is -0.172. The van der Waals surface area contributed by atoms with Gasteiger partial charge < -0.3 is 10.4 Å². The summed E-state index contributed by atoms with van der Waals surface area (Å²) in [6.07, 6.45) is 2.97. The Kier molecular flexibility index (Phi) is 4.00. The molecular weight excluding hydrogens is 266 g/mol. The van der Waals surface area contributed by atoms with E-state index in [1.54, 1.807) is 0 Å². The van der Waals surface area contributed by atoms with Gasteiger partial charge in [-0.3, -0.25) is 0 Å². The Balaban J connectivity index is 1.99. The summed E-state index contributed by atoms with van der Waals surface area (Å²) in [6, 6.07) is 8.86. The minimum Gasteiger partial charge on any atom is -0.392 e. The first-order valence-electron chi connectivity index (χ1n) is 5.86. The number of aliphatic hydroxyl groups is 1. The molecular formula is C13H18BrNO. The quantitative estimate of drug-likeness (QED) is 0.894. The largest absolute Gasteiger partial charge is 0.392 e. The lowest BCUT2D eigenvalue weighted by Gasteiger charge is -2.22. The molecule has 1 aromatic carbocycles. The topological polar surface area (TPSA) is 32.3 Å². The first-order valence-corrected chi connectivity index (χ1v) is 6.65. The van der Waals surface area contributed by atoms with Crippen LogP contribution in [0.2, 0.25) is 0 Å². The second-order valence-electron chi connectivity index (χ2n) is 4.55. The number of halogens is 1. The second-order valence-corrected chi connectivity index (χ2v) is 5.46. The van der Waals surface area contributed by atoms with Crippen LogP contribution in [0.1, 0.15) is 37.8 Å². The zero-order valence-corrected chi connectivity index (χ0v) is 11.1. The first kappa shape index (κ1) is 12.1. The molecule has 1 aromatic rings. The number of hydrogen-bond acceptors (Lipinski definition) is 2. The van der Waals surface area contributed by atoms with Crippen LogP contribution in [0.15, 0.2) is 28.7 Å². The molecule has 1 saturated carbocycles. The Morgan fingerprint density at radius 2 is 2.25 bits per heavy atom. The van der Waals surface area contributed by atoms with Crippen molar-refractivity contribution in [2.75, 3.05) is 0 Å². The number of benzene rings is 1. The van der Waals surface area contributed by atoms with Crippen molar-refractivity contribution >= 4 is 15.9 Å². The van der Waals surface area contributed by atoms with E-state index in [0.717, 1.165) is 23.7 Å². The molecule has 3 atom stereocenters. The van der Waals surface area contributed by atoms with E-state index in [2.05, 4.69) is 40.3 Å². The summed E-state index contributed by atoms with van der Waals surface area (Å²) in [5, 5.41) is 13.3. The number of hydrogen-bond donors (Lipinski definition) is 2. The van der Waals surface area contributed by atoms with Gasteiger partial charge in [0.15, 0.2) is 0 Å². The number of nitrogens with one attached hydrogen (secondary N) is 1. The molecule has 88 valence electrons. The molecule has 2 nitrogen and oxygen atoms in total. The molecule has 0 aromatic heterocycles. The lowest BCUT2D eigenvalue weighted by atomic mass is 10.1. The van der Waals surface area contributed by atoms with Gasteiger partial charge in [0.2, 0.25) is 0 Å². The van der Waals surface area contributed by atoms with E-state index in [-0.39, 0.29) is 18.2 Å². The predicted molar refractivity (Wildman–Crippen MR) is 69.3 cm³/mol. The van der Waals surface area contributed by atoms with Crippen LogP contribution in [-0.2, 0) is 0 Å². The van der Waals surface area contributed by atoms with Crippen LogP contribution in [0.5, 0.6) is 0 Å². The molecule has 0 heterocycles. The van der Waals surface area contributed by atoms with Gasteiger partial charge in [0.1, 0.15) is 0 Å². The number of rotatable bonds is 3. The average molecular weight is 284 g/mol. The van der Waals surface area contributed by atoms with Crippen LogP contribution in [0.4, 0.5) is 0 Å². The normalized spacial score (nSPS) is 26.9. The maximum atomic E-state index is 9.77. The Morgan fingerprint density at radius 3 is 2.88 bits per heavy atom. The van der Waals surface area contributed by atoms with Gasteiger partial charge >= 0.3 is 0 Å². The summed E-state index contributed by atoms with van der Waals surface area (Å²) in [7, 11) is 0. The first-order chi connectivity index (χ1) is 7.66. The Labute approximate surface area is 105 Å². The van der Waals surface area contributed by atoms with Crippen molar-refractivity contribution in [2.24, 2.45) is 0 Å². The maximum Gasteiger partial charge on any atom is 0.0693 e. The Hall–Kier alpha value is -0.380. The summed E-state index contributed by atoms with van der Waals surface area (Å²) < 4.78 is 1.10. The zero-order valence-electron chi connectivity index (χ0n) is 9.49. The van der Waals surface area contributed by atoms with E-state index in [0.29, 0.717) is 0 Å². The monoisotopic (exact) mass is 283 g/mol. The smallest absolute Gasteiger partial charge is 0.0693 e. The molecule has 0 aliphatic heterocycles. The van der Waals surface area contributed by atoms with Crippen molar-refractivity contribution in [1.29, 1.82) is 0 Å². The highest BCUT2D eigenvalue weighted by molar-refractivity contribution is 9.10. The predicted octanol–water partition coefficient (Wildman–Crippen LogP) is 3.01. The molecule has 0 amide bonds. The zero-order chi connectivity index (χ0) is 11.5. The SMILES string of the molecule is C[C@@H](N[C@H]1CCC[C@@H]1O)c1cccc(Br)c1. The fourth-order valence-electron chi connectivity index (χ4n) is 2.33. The average Bonchev–Trinajstić information content (AvgIpc) is 2.64. The molecule has 16 heavy (non-hydrogen) atoms. The molecule has 0 bridgehead atoms. The molecule has 0 spiro atoms. The molecule has 0 radical (unpaired) electrons. The lowest BCUT2D eigenvalue weighted by Crippen LogP contribution is -2.37. The standard InChI is InChI=1S/C13H18BrNO/c1-9(10-4-2-5-11(14)8-10)15-12-6-3-7-13(12)16/h2,4-5,8-9,12-13,15-16H,3,6-7H2,1H3/t9-,12+,13+/m1/s1. The van der Waals surface area contributed by atoms with Crippen LogP contribution >= 0.6 is 15.9 Å². The van der Waals surface area contributed by atoms with Crippen molar-refractivity contribution in [3.8, 4) is 0 Å². The van der Waals surface area contributed by atoms with Crippen LogP contribution in [-0.4, -0.2) is 17.3 Å². The van der Waals surface area contributed by atoms with E-state index in [1.165, 1.54) is 5.56 Å². The van der Waals surface area contributed by atoms with E-state index >= 15 is 0 Å². The molecule has 0 unspecified atom stereocenters. The van der Waals surface area contributed by atoms with E-state index in [4.69, 9.17) is 0 Å². The van der Waals surface area contributed by atoms with E-state index in [9.17, 15) is 5.11 Å². The fourth-order valence-corrected chi connectivity index (χ4v) is 2.75. The third-order valence-corrected chi connectivity index (χ3v) is 3.79. The molecule has 3 heteroatoms. The summed E-state index contributed by atoms with van der Waals surface area (Å²) >= 11 is 3.48. The van der Waals surface area contributed by atoms with Crippen LogP contribution < -0.4 is 5.32 Å². The Bertz CT molecular complexity index is 356. The molecule has 1 aliphatic rings. The van der Waals surface area contributed by atoms with Gasteiger partial charge in [0.05, 0.1) is 6.10 Å². The molecule has 1 fully saturated rings. The van der Waals surface area contributed by atoms with Crippen molar-refractivity contribution < 1.29 is 5.11 Å². The highest BCUT2D eigenvalue weighted by Gasteiger charge is 2.26. The van der Waals surface area contributed by atoms with Crippen LogP contribution in [0, 0.1) is 0 Å². The summed E-state index contributed by atoms with van der Waals surface area (Å²) in [5.74, 6) is 0. The van der Waals surface area contributed by atoms with Gasteiger partial charge in [0, 0.05) is 16.6 Å². The summed E-state index contributed by atoms with van der Waals surface area (Å²) in [5.41, 5.74) is 1.26. The van der Waals surface area contributed by atoms with E-state index in [1.807, 2.05) is 12.1 Å². The highest BCUT2D eigenvalue weighted by atomic mass is 79.9. The maximum absolute atomic E-state index is 9.77. The van der Waals surface area contributed by atoms with Crippen LogP contribution in [0.25, 0.3) is 0 Å². The lowest BCUT2D eigenvalue weighted by molar-refractivity contribution is 0.144. The minimum absolute atomic E-state index is 0.172. The van der Waals surface area contributed by atoms with Gasteiger partial charge in [-0.2, -0.15) is 0 Å². The molecule has 2 N–H and O–H groups in total. The molecule has 1 aliphatic carbocycles. The van der Waals surface area contributed by atoms with Gasteiger partial charge in [-0.15, -0.1) is 0 Å². The van der Waals surface area contributed by atoms with E-state index < -0.39 is 0 Å². The number of aliphatic hydroxyl groups excluding tert-OH is 1. The highest BCUT2D eigenvalue weighted by Crippen LogP contribution is 2.23. The van der Waals surface area contributed by atoms with Gasteiger partial charge in [0.25, 0.3) is 0 Å². The summed E-state index contributed by atoms with van der Waals surface area (Å²) in [6.45, 7) is 2.15. The van der Waals surface area contributed by atoms with Gasteiger partial charge in [-0.25, -0.2) is 0 Å². The Morgan fingerprint density at radius 1 is 1.44 bits per heavy atom. The van der Waals surface area contributed by atoms with Gasteiger partial charge in [-0.1, -0.05) is 28.1 Å².